The van der Waals surface area contributed by atoms with Crippen LogP contribution in [0.25, 0.3) is 11.3 Å². The Bertz CT molecular complexity index is 619. The summed E-state index contributed by atoms with van der Waals surface area (Å²) in [5.74, 6) is 0.411. The molecule has 2 aromatic rings. The second kappa shape index (κ2) is 5.09. The maximum absolute atomic E-state index is 11.2. The van der Waals surface area contributed by atoms with Gasteiger partial charge >= 0.3 is 0 Å². The van der Waals surface area contributed by atoms with E-state index in [-0.39, 0.29) is 10.6 Å². The average Bonchev–Trinajstić information content (AvgIpc) is 2.71. The highest BCUT2D eigenvalue weighted by Gasteiger charge is 2.22. The Labute approximate surface area is 110 Å². The fourth-order valence-electron chi connectivity index (χ4n) is 2.22. The van der Waals surface area contributed by atoms with Crippen LogP contribution in [-0.4, -0.2) is 15.1 Å². The number of aryl methyl sites for hydroxylation is 1. The predicted octanol–water partition coefficient (Wildman–Crippen LogP) is 2.83. The van der Waals surface area contributed by atoms with E-state index in [1.165, 1.54) is 6.07 Å². The van der Waals surface area contributed by atoms with Crippen molar-refractivity contribution in [1.82, 2.24) is 10.2 Å². The molecule has 6 nitrogen and oxygen atoms in total. The summed E-state index contributed by atoms with van der Waals surface area (Å²) in [7, 11) is 0. The lowest BCUT2D eigenvalue weighted by Gasteiger charge is -2.07. The Balaban J connectivity index is 2.68. The van der Waals surface area contributed by atoms with Gasteiger partial charge < -0.3 is 5.73 Å². The van der Waals surface area contributed by atoms with Crippen LogP contribution < -0.4 is 5.73 Å². The van der Waals surface area contributed by atoms with Gasteiger partial charge in [0.25, 0.3) is 5.69 Å². The third-order valence-corrected chi connectivity index (χ3v) is 3.10. The highest BCUT2D eigenvalue weighted by molar-refractivity contribution is 5.78. The highest BCUT2D eigenvalue weighted by Crippen LogP contribution is 2.35. The molecule has 6 heteroatoms. The number of nitrogens with one attached hydrogen (secondary N) is 1. The number of nitrogens with two attached hydrogens (primary N) is 1. The molecule has 0 aliphatic heterocycles. The lowest BCUT2D eigenvalue weighted by molar-refractivity contribution is -0.384. The van der Waals surface area contributed by atoms with Gasteiger partial charge in [0, 0.05) is 11.6 Å². The number of nitrogen functional groups attached to an aromatic ring is 1. The lowest BCUT2D eigenvalue weighted by Crippen LogP contribution is -1.98. The number of nitro benzene ring substituents is 1. The summed E-state index contributed by atoms with van der Waals surface area (Å²) in [6.45, 7) is 3.87. The first-order chi connectivity index (χ1) is 9.06. The molecule has 0 aliphatic rings. The molecule has 0 aliphatic carbocycles. The summed E-state index contributed by atoms with van der Waals surface area (Å²) < 4.78 is 0. The summed E-state index contributed by atoms with van der Waals surface area (Å²) in [5.41, 5.74) is 8.80. The second-order valence-corrected chi connectivity index (χ2v) is 4.44. The number of H-pyrrole nitrogens is 1. The number of aromatic amines is 1. The van der Waals surface area contributed by atoms with E-state index in [9.17, 15) is 10.1 Å². The topological polar surface area (TPSA) is 97.8 Å². The van der Waals surface area contributed by atoms with E-state index in [4.69, 9.17) is 5.73 Å². The van der Waals surface area contributed by atoms with E-state index in [2.05, 4.69) is 10.2 Å². The molecule has 100 valence electrons. The van der Waals surface area contributed by atoms with Crippen molar-refractivity contribution in [2.75, 3.05) is 5.73 Å². The van der Waals surface area contributed by atoms with Gasteiger partial charge in [-0.2, -0.15) is 5.10 Å². The zero-order valence-corrected chi connectivity index (χ0v) is 10.9. The van der Waals surface area contributed by atoms with Gasteiger partial charge in [-0.25, -0.2) is 0 Å². The monoisotopic (exact) mass is 260 g/mol. The molecule has 0 radical (unpaired) electrons. The van der Waals surface area contributed by atoms with Crippen LogP contribution in [-0.2, 0) is 6.42 Å². The maximum atomic E-state index is 11.2. The normalized spacial score (nSPS) is 10.6. The summed E-state index contributed by atoms with van der Waals surface area (Å²) in [5, 5.41) is 18.0. The molecule has 0 atom stereocenters. The van der Waals surface area contributed by atoms with Crippen LogP contribution in [0.2, 0.25) is 0 Å². The minimum atomic E-state index is -0.380. The fraction of sp³-hybridized carbons (Fsp3) is 0.308. The third kappa shape index (κ3) is 2.29. The highest BCUT2D eigenvalue weighted by atomic mass is 16.6. The van der Waals surface area contributed by atoms with Gasteiger partial charge in [0.15, 0.2) is 0 Å². The van der Waals surface area contributed by atoms with Crippen molar-refractivity contribution in [3.8, 4) is 11.3 Å². The number of anilines is 1. The largest absolute Gasteiger partial charge is 0.382 e. The fourth-order valence-corrected chi connectivity index (χ4v) is 2.22. The Hall–Kier alpha value is -2.37. The smallest absolute Gasteiger partial charge is 0.279 e. The first-order valence-electron chi connectivity index (χ1n) is 6.13. The number of nitro groups is 1. The molecule has 1 aromatic carbocycles. The quantitative estimate of drug-likeness (QED) is 0.652. The zero-order chi connectivity index (χ0) is 14.0. The summed E-state index contributed by atoms with van der Waals surface area (Å²) >= 11 is 0. The van der Waals surface area contributed by atoms with Gasteiger partial charge in [-0.05, 0) is 18.9 Å². The number of hydrogen-bond donors (Lipinski definition) is 2. The van der Waals surface area contributed by atoms with Crippen LogP contribution in [0.4, 0.5) is 11.5 Å². The van der Waals surface area contributed by atoms with Crippen molar-refractivity contribution in [3.05, 3.63) is 39.4 Å². The molecule has 0 bridgehead atoms. The number of rotatable bonds is 4. The SMILES string of the molecule is CCCc1c(N)n[nH]c1-c1c(C)cccc1[N+](=O)[O-]. The van der Waals surface area contributed by atoms with E-state index < -0.39 is 0 Å². The molecule has 3 N–H and O–H groups in total. The van der Waals surface area contributed by atoms with Crippen LogP contribution in [0.3, 0.4) is 0 Å². The van der Waals surface area contributed by atoms with Crippen LogP contribution in [0.15, 0.2) is 18.2 Å². The van der Waals surface area contributed by atoms with Gasteiger partial charge in [0.1, 0.15) is 5.82 Å². The van der Waals surface area contributed by atoms with Crippen LogP contribution in [0, 0.1) is 17.0 Å². The van der Waals surface area contributed by atoms with Crippen LogP contribution in [0.1, 0.15) is 24.5 Å². The van der Waals surface area contributed by atoms with E-state index in [0.717, 1.165) is 24.0 Å². The van der Waals surface area contributed by atoms with E-state index in [1.807, 2.05) is 19.9 Å². The maximum Gasteiger partial charge on any atom is 0.279 e. The number of nitrogens with zero attached hydrogens (tertiary/aromatic N) is 2. The summed E-state index contributed by atoms with van der Waals surface area (Å²) in [4.78, 5) is 10.8. The van der Waals surface area contributed by atoms with Crippen LogP contribution >= 0.6 is 0 Å². The molecular formula is C13H16N4O2. The first-order valence-corrected chi connectivity index (χ1v) is 6.13. The van der Waals surface area contributed by atoms with E-state index in [0.29, 0.717) is 17.1 Å². The molecule has 1 heterocycles. The predicted molar refractivity (Wildman–Crippen MR) is 73.8 cm³/mol. The molecule has 19 heavy (non-hydrogen) atoms. The van der Waals surface area contributed by atoms with Crippen molar-refractivity contribution in [2.24, 2.45) is 0 Å². The van der Waals surface area contributed by atoms with Crippen molar-refractivity contribution < 1.29 is 4.92 Å². The first kappa shape index (κ1) is 13.1. The molecule has 0 fully saturated rings. The molecule has 0 unspecified atom stereocenters. The van der Waals surface area contributed by atoms with Crippen molar-refractivity contribution >= 4 is 11.5 Å². The molecule has 1 aromatic heterocycles. The standard InChI is InChI=1S/C13H16N4O2/c1-3-5-9-12(15-16-13(9)14)11-8(2)6-4-7-10(11)17(18)19/h4,6-7H,3,5H2,1-2H3,(H3,14,15,16). The van der Waals surface area contributed by atoms with Crippen molar-refractivity contribution in [1.29, 1.82) is 0 Å². The van der Waals surface area contributed by atoms with Crippen LogP contribution in [0.5, 0.6) is 0 Å². The zero-order valence-electron chi connectivity index (χ0n) is 10.9. The van der Waals surface area contributed by atoms with Gasteiger partial charge in [0.2, 0.25) is 0 Å². The molecule has 0 saturated carbocycles. The van der Waals surface area contributed by atoms with Gasteiger partial charge in [0.05, 0.1) is 16.2 Å². The third-order valence-electron chi connectivity index (χ3n) is 3.10. The Morgan fingerprint density at radius 3 is 2.84 bits per heavy atom. The molecule has 0 amide bonds. The number of hydrogen-bond acceptors (Lipinski definition) is 4. The Morgan fingerprint density at radius 1 is 1.47 bits per heavy atom. The van der Waals surface area contributed by atoms with E-state index >= 15 is 0 Å². The molecule has 2 rings (SSSR count). The average molecular weight is 260 g/mol. The van der Waals surface area contributed by atoms with Gasteiger partial charge in [-0.15, -0.1) is 0 Å². The lowest BCUT2D eigenvalue weighted by atomic mass is 9.98. The van der Waals surface area contributed by atoms with Gasteiger partial charge in [-0.1, -0.05) is 25.5 Å². The number of benzene rings is 1. The van der Waals surface area contributed by atoms with E-state index in [1.54, 1.807) is 6.07 Å². The van der Waals surface area contributed by atoms with Crippen molar-refractivity contribution in [2.45, 2.75) is 26.7 Å². The summed E-state index contributed by atoms with van der Waals surface area (Å²) in [6.07, 6.45) is 1.64. The molecular weight excluding hydrogens is 244 g/mol. The van der Waals surface area contributed by atoms with Crippen molar-refractivity contribution in [3.63, 3.8) is 0 Å². The Kier molecular flexibility index (Phi) is 3.50. The Morgan fingerprint density at radius 2 is 2.21 bits per heavy atom. The van der Waals surface area contributed by atoms with Gasteiger partial charge in [-0.3, -0.25) is 15.2 Å². The minimum absolute atomic E-state index is 0.0704. The molecule has 0 spiro atoms. The molecule has 0 saturated heterocycles. The second-order valence-electron chi connectivity index (χ2n) is 4.44. The number of aromatic nitrogens is 2. The summed E-state index contributed by atoms with van der Waals surface area (Å²) in [6, 6.07) is 5.01. The minimum Gasteiger partial charge on any atom is -0.382 e.